The van der Waals surface area contributed by atoms with E-state index in [-0.39, 0.29) is 11.3 Å². The molecule has 1 aromatic carbocycles. The fraction of sp³-hybridized carbons (Fsp3) is 0.222. The number of anilines is 1. The molecule has 0 spiro atoms. The number of nitriles is 1. The molecule has 2 N–H and O–H groups in total. The van der Waals surface area contributed by atoms with Gasteiger partial charge in [-0.2, -0.15) is 5.26 Å². The molecule has 1 amide bonds. The van der Waals surface area contributed by atoms with Gasteiger partial charge in [0, 0.05) is 11.8 Å². The maximum Gasteiger partial charge on any atom is 0.316 e. The van der Waals surface area contributed by atoms with Crippen molar-refractivity contribution in [3.05, 3.63) is 57.4 Å². The van der Waals surface area contributed by atoms with Crippen molar-refractivity contribution in [2.75, 3.05) is 17.7 Å². The van der Waals surface area contributed by atoms with Crippen LogP contribution in [0, 0.1) is 25.2 Å². The van der Waals surface area contributed by atoms with Crippen molar-refractivity contribution in [2.45, 2.75) is 18.9 Å². The Labute approximate surface area is 154 Å². The Hall–Kier alpha value is -3.05. The zero-order valence-corrected chi connectivity index (χ0v) is 15.1. The molecular weight excluding hydrogens is 354 g/mol. The first-order chi connectivity index (χ1) is 12.4. The number of aromatic nitrogens is 1. The molecule has 0 radical (unpaired) electrons. The van der Waals surface area contributed by atoms with Crippen molar-refractivity contribution in [1.29, 1.82) is 5.26 Å². The minimum absolute atomic E-state index is 0.133. The molecule has 0 aliphatic rings. The lowest BCUT2D eigenvalue weighted by molar-refractivity contribution is -0.144. The van der Waals surface area contributed by atoms with Gasteiger partial charge in [0.1, 0.15) is 6.07 Å². The summed E-state index contributed by atoms with van der Waals surface area (Å²) in [4.78, 5) is 37.6. The molecule has 134 valence electrons. The summed E-state index contributed by atoms with van der Waals surface area (Å²) in [7, 11) is 0. The van der Waals surface area contributed by atoms with E-state index in [2.05, 4.69) is 10.3 Å². The van der Waals surface area contributed by atoms with E-state index in [0.29, 0.717) is 21.8 Å². The molecule has 26 heavy (non-hydrogen) atoms. The fourth-order valence-electron chi connectivity index (χ4n) is 2.14. The highest BCUT2D eigenvalue weighted by Gasteiger charge is 2.13. The van der Waals surface area contributed by atoms with Crippen LogP contribution in [-0.4, -0.2) is 29.2 Å². The second-order valence-electron chi connectivity index (χ2n) is 5.50. The van der Waals surface area contributed by atoms with Crippen LogP contribution >= 0.6 is 11.8 Å². The van der Waals surface area contributed by atoms with E-state index in [1.165, 1.54) is 6.07 Å². The quantitative estimate of drug-likeness (QED) is 0.594. The topological polar surface area (TPSA) is 112 Å². The van der Waals surface area contributed by atoms with Crippen LogP contribution in [0.4, 0.5) is 5.69 Å². The van der Waals surface area contributed by atoms with E-state index < -0.39 is 18.5 Å². The maximum atomic E-state index is 11.8. The number of pyridine rings is 1. The van der Waals surface area contributed by atoms with Crippen LogP contribution in [0.15, 0.2) is 40.2 Å². The Morgan fingerprint density at radius 1 is 1.31 bits per heavy atom. The number of hydrogen-bond acceptors (Lipinski definition) is 6. The molecule has 7 nitrogen and oxygen atoms in total. The van der Waals surface area contributed by atoms with Crippen molar-refractivity contribution in [3.63, 3.8) is 0 Å². The lowest BCUT2D eigenvalue weighted by Gasteiger charge is -2.08. The highest BCUT2D eigenvalue weighted by atomic mass is 32.2. The summed E-state index contributed by atoms with van der Waals surface area (Å²) in [6.07, 6.45) is 0. The van der Waals surface area contributed by atoms with Crippen LogP contribution in [0.5, 0.6) is 0 Å². The molecule has 0 unspecified atom stereocenters. The zero-order valence-electron chi connectivity index (χ0n) is 14.3. The third-order valence-corrected chi connectivity index (χ3v) is 4.29. The normalized spacial score (nSPS) is 10.0. The first kappa shape index (κ1) is 19.3. The van der Waals surface area contributed by atoms with Crippen LogP contribution in [0.1, 0.15) is 16.7 Å². The predicted molar refractivity (Wildman–Crippen MR) is 98.0 cm³/mol. The number of aryl methyl sites for hydroxylation is 2. The Bertz CT molecular complexity index is 931. The highest BCUT2D eigenvalue weighted by molar-refractivity contribution is 7.99. The average molecular weight is 371 g/mol. The van der Waals surface area contributed by atoms with E-state index in [4.69, 9.17) is 10.00 Å². The minimum Gasteiger partial charge on any atom is -0.455 e. The monoisotopic (exact) mass is 371 g/mol. The SMILES string of the molecule is Cc1cccc(NC(=O)COC(=O)CSc2[nH]c(=O)cc(C)c2C#N)c1. The van der Waals surface area contributed by atoms with E-state index in [1.807, 2.05) is 25.1 Å². The molecule has 0 aliphatic heterocycles. The molecule has 2 rings (SSSR count). The van der Waals surface area contributed by atoms with Crippen LogP contribution < -0.4 is 10.9 Å². The second-order valence-corrected chi connectivity index (χ2v) is 6.49. The molecule has 0 bridgehead atoms. The molecule has 0 atom stereocenters. The van der Waals surface area contributed by atoms with Crippen molar-refractivity contribution in [1.82, 2.24) is 4.98 Å². The largest absolute Gasteiger partial charge is 0.455 e. The zero-order chi connectivity index (χ0) is 19.1. The molecule has 1 aromatic heterocycles. The van der Waals surface area contributed by atoms with Crippen LogP contribution in [0.25, 0.3) is 0 Å². The third-order valence-electron chi connectivity index (χ3n) is 3.32. The Balaban J connectivity index is 1.85. The summed E-state index contributed by atoms with van der Waals surface area (Å²) in [5.74, 6) is -1.21. The number of nitrogens with one attached hydrogen (secondary N) is 2. The summed E-state index contributed by atoms with van der Waals surface area (Å²) in [5.41, 5.74) is 2.10. The number of carbonyl (C=O) groups excluding carboxylic acids is 2. The second kappa shape index (κ2) is 8.87. The van der Waals surface area contributed by atoms with E-state index in [0.717, 1.165) is 17.3 Å². The summed E-state index contributed by atoms with van der Waals surface area (Å²) < 4.78 is 4.92. The number of H-pyrrole nitrogens is 1. The minimum atomic E-state index is -0.624. The van der Waals surface area contributed by atoms with Crippen molar-refractivity contribution < 1.29 is 14.3 Å². The number of rotatable bonds is 6. The molecule has 0 saturated heterocycles. The Morgan fingerprint density at radius 3 is 2.77 bits per heavy atom. The predicted octanol–water partition coefficient (Wildman–Crippen LogP) is 2.14. The molecular formula is C18H17N3O4S. The molecule has 0 fully saturated rings. The molecule has 2 aromatic rings. The Kier molecular flexibility index (Phi) is 6.58. The molecule has 8 heteroatoms. The number of nitrogens with zero attached hydrogens (tertiary/aromatic N) is 1. The smallest absolute Gasteiger partial charge is 0.316 e. The highest BCUT2D eigenvalue weighted by Crippen LogP contribution is 2.20. The van der Waals surface area contributed by atoms with Gasteiger partial charge in [-0.05, 0) is 37.1 Å². The number of esters is 1. The van der Waals surface area contributed by atoms with Gasteiger partial charge in [0.05, 0.1) is 16.3 Å². The van der Waals surface area contributed by atoms with Gasteiger partial charge in [-0.3, -0.25) is 14.4 Å². The summed E-state index contributed by atoms with van der Waals surface area (Å²) in [5, 5.41) is 12.1. The molecule has 0 saturated carbocycles. The maximum absolute atomic E-state index is 11.8. The fourth-order valence-corrected chi connectivity index (χ4v) is 3.01. The van der Waals surface area contributed by atoms with Gasteiger partial charge in [0.25, 0.3) is 5.91 Å². The van der Waals surface area contributed by atoms with Gasteiger partial charge in [-0.15, -0.1) is 0 Å². The number of carbonyl (C=O) groups is 2. The van der Waals surface area contributed by atoms with Gasteiger partial charge >= 0.3 is 5.97 Å². The molecule has 0 aliphatic carbocycles. The summed E-state index contributed by atoms with van der Waals surface area (Å²) in [6.45, 7) is 3.13. The van der Waals surface area contributed by atoms with Gasteiger partial charge in [0.2, 0.25) is 5.56 Å². The van der Waals surface area contributed by atoms with Gasteiger partial charge in [-0.1, -0.05) is 23.9 Å². The first-order valence-corrected chi connectivity index (χ1v) is 8.66. The number of benzene rings is 1. The number of aromatic amines is 1. The number of thioether (sulfide) groups is 1. The van der Waals surface area contributed by atoms with Crippen LogP contribution in [-0.2, 0) is 14.3 Å². The number of ether oxygens (including phenoxy) is 1. The number of amides is 1. The van der Waals surface area contributed by atoms with E-state index >= 15 is 0 Å². The van der Waals surface area contributed by atoms with E-state index in [1.54, 1.807) is 19.1 Å². The van der Waals surface area contributed by atoms with E-state index in [9.17, 15) is 14.4 Å². The van der Waals surface area contributed by atoms with Crippen LogP contribution in [0.3, 0.4) is 0 Å². The molecule has 1 heterocycles. The lowest BCUT2D eigenvalue weighted by atomic mass is 10.2. The van der Waals surface area contributed by atoms with Crippen molar-refractivity contribution in [3.8, 4) is 6.07 Å². The third kappa shape index (κ3) is 5.50. The first-order valence-electron chi connectivity index (χ1n) is 7.68. The summed E-state index contributed by atoms with van der Waals surface area (Å²) in [6, 6.07) is 10.5. The van der Waals surface area contributed by atoms with Gasteiger partial charge < -0.3 is 15.0 Å². The lowest BCUT2D eigenvalue weighted by Crippen LogP contribution is -2.21. The summed E-state index contributed by atoms with van der Waals surface area (Å²) >= 11 is 0.981. The Morgan fingerprint density at radius 2 is 2.08 bits per heavy atom. The number of hydrogen-bond donors (Lipinski definition) is 2. The average Bonchev–Trinajstić information content (AvgIpc) is 2.57. The van der Waals surface area contributed by atoms with Crippen LogP contribution in [0.2, 0.25) is 0 Å². The van der Waals surface area contributed by atoms with Crippen molar-refractivity contribution in [2.24, 2.45) is 0 Å². The van der Waals surface area contributed by atoms with Crippen molar-refractivity contribution >= 4 is 29.3 Å². The standard InChI is InChI=1S/C18H17N3O4S/c1-11-4-3-5-13(6-11)20-16(23)9-25-17(24)10-26-18-14(8-19)12(2)7-15(22)21-18/h3-7H,9-10H2,1-2H3,(H,20,23)(H,21,22). The van der Waals surface area contributed by atoms with Gasteiger partial charge in [-0.25, -0.2) is 0 Å². The van der Waals surface area contributed by atoms with Gasteiger partial charge in [0.15, 0.2) is 6.61 Å².